The van der Waals surface area contributed by atoms with Crippen LogP contribution in [0.2, 0.25) is 0 Å². The van der Waals surface area contributed by atoms with Crippen molar-refractivity contribution < 1.29 is 14.3 Å². The molecular formula is C24H27N3O4S. The van der Waals surface area contributed by atoms with Gasteiger partial charge >= 0.3 is 5.97 Å². The third-order valence-corrected chi connectivity index (χ3v) is 6.70. The standard InChI is InChI=1S/C24H27N3O4S/c1-4-24(3)12-19-17(14-31-24)11-18-21(25-19)26-23(32-15-20(28)30-5-2)27(22(18)29)13-16-9-7-6-8-10-16/h6-11H,4-5,12-15H2,1-3H3/t24-/m0/s1. The number of benzene rings is 1. The number of hydrogen-bond donors (Lipinski definition) is 0. The van der Waals surface area contributed by atoms with Crippen molar-refractivity contribution in [3.8, 4) is 0 Å². The highest BCUT2D eigenvalue weighted by Gasteiger charge is 2.31. The number of ether oxygens (including phenoxy) is 2. The number of carbonyl (C=O) groups is 1. The Hall–Kier alpha value is -2.71. The van der Waals surface area contributed by atoms with Gasteiger partial charge < -0.3 is 9.47 Å². The van der Waals surface area contributed by atoms with Crippen LogP contribution >= 0.6 is 11.8 Å². The Morgan fingerprint density at radius 1 is 1.25 bits per heavy atom. The molecule has 32 heavy (non-hydrogen) atoms. The first kappa shape index (κ1) is 22.5. The number of rotatable bonds is 7. The van der Waals surface area contributed by atoms with Crippen LogP contribution in [0.1, 0.15) is 44.0 Å². The average molecular weight is 454 g/mol. The van der Waals surface area contributed by atoms with Crippen LogP contribution in [0.4, 0.5) is 0 Å². The third-order valence-electron chi connectivity index (χ3n) is 5.75. The Kier molecular flexibility index (Phi) is 6.62. The second-order valence-electron chi connectivity index (χ2n) is 8.10. The minimum absolute atomic E-state index is 0.0766. The third kappa shape index (κ3) is 4.71. The Bertz CT molecular complexity index is 1200. The lowest BCUT2D eigenvalue weighted by atomic mass is 9.91. The van der Waals surface area contributed by atoms with Crippen LogP contribution in [-0.2, 0) is 33.8 Å². The van der Waals surface area contributed by atoms with Gasteiger partial charge in [-0.05, 0) is 31.9 Å². The van der Waals surface area contributed by atoms with Crippen molar-refractivity contribution in [1.82, 2.24) is 14.5 Å². The molecule has 4 rings (SSSR count). The van der Waals surface area contributed by atoms with Gasteiger partial charge in [0.2, 0.25) is 0 Å². The molecule has 2 aromatic heterocycles. The zero-order chi connectivity index (χ0) is 22.7. The average Bonchev–Trinajstić information content (AvgIpc) is 2.80. The van der Waals surface area contributed by atoms with Crippen molar-refractivity contribution in [2.45, 2.75) is 57.5 Å². The number of fused-ring (bicyclic) bond motifs is 2. The lowest BCUT2D eigenvalue weighted by molar-refractivity contribution is -0.139. The Morgan fingerprint density at radius 2 is 2.03 bits per heavy atom. The van der Waals surface area contributed by atoms with Crippen LogP contribution in [0, 0.1) is 0 Å². The molecule has 1 atom stereocenters. The molecule has 0 bridgehead atoms. The minimum Gasteiger partial charge on any atom is -0.465 e. The molecule has 0 radical (unpaired) electrons. The van der Waals surface area contributed by atoms with Gasteiger partial charge in [-0.15, -0.1) is 0 Å². The van der Waals surface area contributed by atoms with E-state index < -0.39 is 0 Å². The molecule has 1 aliphatic rings. The monoisotopic (exact) mass is 453 g/mol. The highest BCUT2D eigenvalue weighted by atomic mass is 32.2. The maximum atomic E-state index is 13.5. The lowest BCUT2D eigenvalue weighted by Crippen LogP contribution is -2.35. The van der Waals surface area contributed by atoms with Crippen molar-refractivity contribution in [1.29, 1.82) is 0 Å². The molecule has 0 unspecified atom stereocenters. The van der Waals surface area contributed by atoms with E-state index in [2.05, 4.69) is 13.8 Å². The Balaban J connectivity index is 1.79. The highest BCUT2D eigenvalue weighted by Crippen LogP contribution is 2.31. The molecule has 7 nitrogen and oxygen atoms in total. The van der Waals surface area contributed by atoms with E-state index in [-0.39, 0.29) is 22.9 Å². The fraction of sp³-hybridized carbons (Fsp3) is 0.417. The zero-order valence-electron chi connectivity index (χ0n) is 18.6. The van der Waals surface area contributed by atoms with Gasteiger partial charge in [-0.25, -0.2) is 9.97 Å². The van der Waals surface area contributed by atoms with E-state index in [1.807, 2.05) is 36.4 Å². The number of hydrogen-bond acceptors (Lipinski definition) is 7. The summed E-state index contributed by atoms with van der Waals surface area (Å²) in [6.45, 7) is 7.04. The predicted molar refractivity (Wildman–Crippen MR) is 124 cm³/mol. The quantitative estimate of drug-likeness (QED) is 0.306. The van der Waals surface area contributed by atoms with E-state index in [1.54, 1.807) is 11.5 Å². The Labute approximate surface area is 191 Å². The number of aromatic nitrogens is 3. The molecule has 3 aromatic rings. The van der Waals surface area contributed by atoms with Crippen LogP contribution in [0.3, 0.4) is 0 Å². The van der Waals surface area contributed by atoms with Crippen LogP contribution in [0.5, 0.6) is 0 Å². The molecule has 0 saturated heterocycles. The van der Waals surface area contributed by atoms with Crippen molar-refractivity contribution in [2.75, 3.05) is 12.4 Å². The molecule has 0 spiro atoms. The smallest absolute Gasteiger partial charge is 0.316 e. The van der Waals surface area contributed by atoms with Gasteiger partial charge in [0.05, 0.1) is 42.2 Å². The van der Waals surface area contributed by atoms with Crippen molar-refractivity contribution in [2.24, 2.45) is 0 Å². The van der Waals surface area contributed by atoms with Crippen molar-refractivity contribution >= 4 is 28.8 Å². The van der Waals surface area contributed by atoms with Crippen LogP contribution < -0.4 is 5.56 Å². The topological polar surface area (TPSA) is 83.3 Å². The van der Waals surface area contributed by atoms with Crippen molar-refractivity contribution in [3.05, 3.63) is 63.6 Å². The van der Waals surface area contributed by atoms with E-state index in [1.165, 1.54) is 11.8 Å². The molecule has 0 fully saturated rings. The second-order valence-corrected chi connectivity index (χ2v) is 9.04. The van der Waals surface area contributed by atoms with E-state index in [0.29, 0.717) is 42.4 Å². The van der Waals surface area contributed by atoms with Gasteiger partial charge in [0, 0.05) is 12.0 Å². The molecular weight excluding hydrogens is 426 g/mol. The van der Waals surface area contributed by atoms with Crippen LogP contribution in [0.15, 0.2) is 46.3 Å². The summed E-state index contributed by atoms with van der Waals surface area (Å²) >= 11 is 1.20. The normalized spacial score (nSPS) is 17.8. The maximum Gasteiger partial charge on any atom is 0.316 e. The molecule has 0 aliphatic carbocycles. The van der Waals surface area contributed by atoms with Crippen molar-refractivity contribution in [3.63, 3.8) is 0 Å². The maximum absolute atomic E-state index is 13.5. The first-order valence-corrected chi connectivity index (χ1v) is 11.8. The molecule has 1 aliphatic heterocycles. The van der Waals surface area contributed by atoms with Gasteiger partial charge in [0.25, 0.3) is 5.56 Å². The van der Waals surface area contributed by atoms with Crippen LogP contribution in [0.25, 0.3) is 11.0 Å². The molecule has 0 amide bonds. The summed E-state index contributed by atoms with van der Waals surface area (Å²) in [6, 6.07) is 11.6. The molecule has 1 aromatic carbocycles. The summed E-state index contributed by atoms with van der Waals surface area (Å²) in [5.41, 5.74) is 2.79. The van der Waals surface area contributed by atoms with Gasteiger partial charge in [-0.1, -0.05) is 49.0 Å². The van der Waals surface area contributed by atoms with Gasteiger partial charge in [-0.3, -0.25) is 14.2 Å². The SMILES string of the molecule is CCOC(=O)CSc1nc2nc3c(cc2c(=O)n1Cc1ccccc1)CO[C@@](C)(CC)C3. The molecule has 0 saturated carbocycles. The summed E-state index contributed by atoms with van der Waals surface area (Å²) in [6.07, 6.45) is 1.55. The second kappa shape index (κ2) is 9.42. The Morgan fingerprint density at radius 3 is 2.75 bits per heavy atom. The summed E-state index contributed by atoms with van der Waals surface area (Å²) in [7, 11) is 0. The van der Waals surface area contributed by atoms with E-state index >= 15 is 0 Å². The first-order valence-electron chi connectivity index (χ1n) is 10.8. The highest BCUT2D eigenvalue weighted by molar-refractivity contribution is 7.99. The molecule has 3 heterocycles. The summed E-state index contributed by atoms with van der Waals surface area (Å²) in [4.78, 5) is 34.9. The molecule has 168 valence electrons. The largest absolute Gasteiger partial charge is 0.465 e. The summed E-state index contributed by atoms with van der Waals surface area (Å²) in [5, 5.41) is 0.918. The molecule has 8 heteroatoms. The van der Waals surface area contributed by atoms with Gasteiger partial charge in [-0.2, -0.15) is 0 Å². The summed E-state index contributed by atoms with van der Waals surface area (Å²) < 4.78 is 12.7. The lowest BCUT2D eigenvalue weighted by Gasteiger charge is -2.33. The fourth-order valence-corrected chi connectivity index (χ4v) is 4.50. The number of carbonyl (C=O) groups excluding carboxylic acids is 1. The van der Waals surface area contributed by atoms with E-state index in [0.717, 1.165) is 23.2 Å². The van der Waals surface area contributed by atoms with E-state index in [9.17, 15) is 9.59 Å². The zero-order valence-corrected chi connectivity index (χ0v) is 19.4. The number of nitrogens with zero attached hydrogens (tertiary/aromatic N) is 3. The van der Waals surface area contributed by atoms with Crippen LogP contribution in [-0.4, -0.2) is 38.5 Å². The fourth-order valence-electron chi connectivity index (χ4n) is 3.71. The van der Waals surface area contributed by atoms with E-state index in [4.69, 9.17) is 19.4 Å². The number of thioether (sulfide) groups is 1. The van der Waals surface area contributed by atoms with Gasteiger partial charge in [0.15, 0.2) is 10.8 Å². The first-order chi connectivity index (χ1) is 15.4. The summed E-state index contributed by atoms with van der Waals surface area (Å²) in [5.74, 6) is -0.264. The molecule has 0 N–H and O–H groups in total. The van der Waals surface area contributed by atoms with Gasteiger partial charge in [0.1, 0.15) is 0 Å². The predicted octanol–water partition coefficient (Wildman–Crippen LogP) is 3.74. The number of esters is 1. The number of pyridine rings is 1. The minimum atomic E-state index is -0.340.